The largest absolute Gasteiger partial charge is 0.516 e. The lowest BCUT2D eigenvalue weighted by Gasteiger charge is -2.09. The molecule has 0 aliphatic carbocycles. The number of aliphatic hydroxyl groups excluding tert-OH is 1. The highest BCUT2D eigenvalue weighted by molar-refractivity contribution is 5.34. The number of aliphatic hydroxyl groups is 1. The van der Waals surface area contributed by atoms with Crippen LogP contribution >= 0.6 is 0 Å². The number of hydrogen-bond acceptors (Lipinski definition) is 2. The van der Waals surface area contributed by atoms with Gasteiger partial charge in [0.05, 0.1) is 6.26 Å². The monoisotopic (exact) mass is 236 g/mol. The molecule has 0 atom stereocenters. The normalized spacial score (nSPS) is 10.4. The van der Waals surface area contributed by atoms with Crippen molar-refractivity contribution in [3.63, 3.8) is 0 Å². The van der Waals surface area contributed by atoms with E-state index in [0.717, 1.165) is 18.4 Å². The molecule has 3 heteroatoms. The van der Waals surface area contributed by atoms with E-state index in [2.05, 4.69) is 32.0 Å². The summed E-state index contributed by atoms with van der Waals surface area (Å²) >= 11 is 0. The fourth-order valence-corrected chi connectivity index (χ4v) is 1.63. The van der Waals surface area contributed by atoms with E-state index in [0.29, 0.717) is 0 Å². The van der Waals surface area contributed by atoms with Gasteiger partial charge in [-0.05, 0) is 55.9 Å². The molecule has 1 aromatic rings. The van der Waals surface area contributed by atoms with Crippen molar-refractivity contribution in [3.05, 3.63) is 46.7 Å². The molecule has 2 N–H and O–H groups in total. The van der Waals surface area contributed by atoms with E-state index in [9.17, 15) is 0 Å². The zero-order valence-corrected chi connectivity index (χ0v) is 10.6. The highest BCUT2D eigenvalue weighted by Gasteiger charge is 2.01. The fraction of sp³-hybridized carbons (Fsp3) is 0.357. The average molecular weight is 236 g/mol. The summed E-state index contributed by atoms with van der Waals surface area (Å²) in [7, 11) is 0. The summed E-state index contributed by atoms with van der Waals surface area (Å²) in [4.78, 5) is 8.36. The van der Waals surface area contributed by atoms with Crippen molar-refractivity contribution < 1.29 is 15.0 Å². The predicted octanol–water partition coefficient (Wildman–Crippen LogP) is 3.40. The molecule has 0 bridgehead atoms. The zero-order valence-electron chi connectivity index (χ0n) is 10.6. The van der Waals surface area contributed by atoms with E-state index >= 15 is 0 Å². The highest BCUT2D eigenvalue weighted by Crippen LogP contribution is 2.17. The van der Waals surface area contributed by atoms with E-state index in [4.69, 9.17) is 15.0 Å². The Labute approximate surface area is 102 Å². The van der Waals surface area contributed by atoms with Crippen LogP contribution < -0.4 is 0 Å². The van der Waals surface area contributed by atoms with Crippen molar-refractivity contribution in [2.75, 3.05) is 0 Å². The van der Waals surface area contributed by atoms with Crippen LogP contribution in [0.5, 0.6) is 0 Å². The van der Waals surface area contributed by atoms with Crippen LogP contribution in [0.2, 0.25) is 0 Å². The highest BCUT2D eigenvalue weighted by atomic mass is 16.3. The summed E-state index contributed by atoms with van der Waals surface area (Å²) in [5.41, 5.74) is 5.13. The molecule has 1 rings (SSSR count). The second-order valence-corrected chi connectivity index (χ2v) is 3.95. The van der Waals surface area contributed by atoms with Gasteiger partial charge >= 0.3 is 0 Å². The molecular formula is C14H20O3. The van der Waals surface area contributed by atoms with Crippen LogP contribution in [0.4, 0.5) is 0 Å². The van der Waals surface area contributed by atoms with Crippen LogP contribution in [0.25, 0.3) is 0 Å². The second-order valence-electron chi connectivity index (χ2n) is 3.95. The molecule has 3 nitrogen and oxygen atoms in total. The third kappa shape index (κ3) is 5.76. The van der Waals surface area contributed by atoms with Crippen LogP contribution in [0.3, 0.4) is 0 Å². The van der Waals surface area contributed by atoms with Crippen molar-refractivity contribution in [3.8, 4) is 0 Å². The van der Waals surface area contributed by atoms with Crippen molar-refractivity contribution in [1.82, 2.24) is 0 Å². The molecule has 0 amide bonds. The third-order valence-electron chi connectivity index (χ3n) is 2.63. The first-order valence-corrected chi connectivity index (χ1v) is 5.49. The fourth-order valence-electron chi connectivity index (χ4n) is 1.63. The number of aryl methyl sites for hydroxylation is 2. The molecule has 0 heterocycles. The predicted molar refractivity (Wildman–Crippen MR) is 69.3 cm³/mol. The Hall–Kier alpha value is -1.77. The maximum Gasteiger partial charge on any atom is 0.290 e. The lowest BCUT2D eigenvalue weighted by Crippen LogP contribution is -1.94. The van der Waals surface area contributed by atoms with Gasteiger partial charge < -0.3 is 10.2 Å². The van der Waals surface area contributed by atoms with Gasteiger partial charge in [-0.3, -0.25) is 4.79 Å². The minimum absolute atomic E-state index is 0.250. The van der Waals surface area contributed by atoms with Gasteiger partial charge in [0.1, 0.15) is 0 Å². The minimum atomic E-state index is -0.250. The summed E-state index contributed by atoms with van der Waals surface area (Å²) < 4.78 is 0. The molecule has 0 aliphatic rings. The number of allylic oxidation sites excluding steroid dienone is 1. The first-order chi connectivity index (χ1) is 8.06. The van der Waals surface area contributed by atoms with Crippen molar-refractivity contribution >= 4 is 6.47 Å². The maximum atomic E-state index is 8.79. The standard InChI is InChI=1S/C13H18O.CH2O2/c1-10(9-14)7-8-13-11(2)5-4-6-12(13)3;2-1-3/h4-6,9,14H,7-8H2,1-3H3;1H,(H,2,3). The summed E-state index contributed by atoms with van der Waals surface area (Å²) in [5.74, 6) is 0. The van der Waals surface area contributed by atoms with Gasteiger partial charge in [0, 0.05) is 0 Å². The summed E-state index contributed by atoms with van der Waals surface area (Å²) in [5, 5.41) is 15.7. The summed E-state index contributed by atoms with van der Waals surface area (Å²) in [6.07, 6.45) is 3.15. The number of benzene rings is 1. The van der Waals surface area contributed by atoms with Gasteiger partial charge in [-0.2, -0.15) is 0 Å². The van der Waals surface area contributed by atoms with Crippen LogP contribution in [0.15, 0.2) is 30.0 Å². The van der Waals surface area contributed by atoms with Crippen LogP contribution in [-0.4, -0.2) is 16.7 Å². The Kier molecular flexibility index (Phi) is 7.52. The van der Waals surface area contributed by atoms with Gasteiger partial charge in [-0.25, -0.2) is 0 Å². The molecule has 0 spiro atoms. The van der Waals surface area contributed by atoms with Crippen molar-refractivity contribution in [2.24, 2.45) is 0 Å². The minimum Gasteiger partial charge on any atom is -0.516 e. The number of carbonyl (C=O) groups is 1. The van der Waals surface area contributed by atoms with Crippen molar-refractivity contribution in [1.29, 1.82) is 0 Å². The SMILES string of the molecule is CC(=CO)CCc1c(C)cccc1C.O=CO. The number of carboxylic acid groups (broad SMARTS) is 1. The smallest absolute Gasteiger partial charge is 0.290 e. The van der Waals surface area contributed by atoms with E-state index in [1.54, 1.807) is 0 Å². The first-order valence-electron chi connectivity index (χ1n) is 5.49. The molecule has 0 saturated carbocycles. The van der Waals surface area contributed by atoms with Gasteiger partial charge in [0.25, 0.3) is 6.47 Å². The van der Waals surface area contributed by atoms with Crippen LogP contribution in [-0.2, 0) is 11.2 Å². The Bertz CT molecular complexity index is 361. The quantitative estimate of drug-likeness (QED) is 0.624. The molecule has 17 heavy (non-hydrogen) atoms. The first kappa shape index (κ1) is 15.2. The molecule has 1 aromatic carbocycles. The Morgan fingerprint density at radius 1 is 1.24 bits per heavy atom. The lowest BCUT2D eigenvalue weighted by atomic mass is 9.97. The van der Waals surface area contributed by atoms with E-state index in [1.807, 2.05) is 6.92 Å². The van der Waals surface area contributed by atoms with E-state index < -0.39 is 0 Å². The zero-order chi connectivity index (χ0) is 13.3. The Balaban J connectivity index is 0.000000770. The number of rotatable bonds is 3. The molecule has 0 saturated heterocycles. The van der Waals surface area contributed by atoms with E-state index in [-0.39, 0.29) is 6.47 Å². The van der Waals surface area contributed by atoms with Gasteiger partial charge in [-0.15, -0.1) is 0 Å². The Morgan fingerprint density at radius 2 is 1.71 bits per heavy atom. The molecule has 0 radical (unpaired) electrons. The topological polar surface area (TPSA) is 57.5 Å². The van der Waals surface area contributed by atoms with Crippen molar-refractivity contribution in [2.45, 2.75) is 33.6 Å². The molecule has 0 unspecified atom stereocenters. The van der Waals surface area contributed by atoms with Crippen LogP contribution in [0.1, 0.15) is 30.0 Å². The molecule has 0 fully saturated rings. The van der Waals surface area contributed by atoms with Gasteiger partial charge in [0.2, 0.25) is 0 Å². The summed E-state index contributed by atoms with van der Waals surface area (Å²) in [6.45, 7) is 5.98. The average Bonchev–Trinajstić information content (AvgIpc) is 2.29. The van der Waals surface area contributed by atoms with Crippen LogP contribution in [0, 0.1) is 13.8 Å². The summed E-state index contributed by atoms with van der Waals surface area (Å²) in [6, 6.07) is 6.36. The lowest BCUT2D eigenvalue weighted by molar-refractivity contribution is -0.122. The molecule has 0 aliphatic heterocycles. The Morgan fingerprint density at radius 3 is 2.12 bits per heavy atom. The molecule has 0 aromatic heterocycles. The third-order valence-corrected chi connectivity index (χ3v) is 2.63. The second kappa shape index (κ2) is 8.39. The van der Waals surface area contributed by atoms with E-state index in [1.165, 1.54) is 23.0 Å². The molecule has 94 valence electrons. The maximum absolute atomic E-state index is 8.79. The van der Waals surface area contributed by atoms with Gasteiger partial charge in [0.15, 0.2) is 0 Å². The number of hydrogen-bond donors (Lipinski definition) is 2. The molecular weight excluding hydrogens is 216 g/mol. The van der Waals surface area contributed by atoms with Gasteiger partial charge in [-0.1, -0.05) is 18.2 Å².